The molecule has 2 atom stereocenters. The van der Waals surface area contributed by atoms with E-state index in [4.69, 9.17) is 4.42 Å². The van der Waals surface area contributed by atoms with Gasteiger partial charge in [0.15, 0.2) is 11.5 Å². The van der Waals surface area contributed by atoms with Gasteiger partial charge in [0.25, 0.3) is 0 Å². The van der Waals surface area contributed by atoms with Crippen LogP contribution in [0, 0.1) is 6.92 Å². The third-order valence-corrected chi connectivity index (χ3v) is 6.01. The molecule has 3 heterocycles. The third kappa shape index (κ3) is 2.30. The van der Waals surface area contributed by atoms with Gasteiger partial charge in [-0.2, -0.15) is 0 Å². The van der Waals surface area contributed by atoms with Crippen molar-refractivity contribution in [3.05, 3.63) is 24.1 Å². The van der Waals surface area contributed by atoms with Crippen LogP contribution >= 0.6 is 11.8 Å². The third-order valence-electron chi connectivity index (χ3n) is 4.51. The molecule has 0 bridgehead atoms. The average Bonchev–Trinajstić information content (AvgIpc) is 3.12. The van der Waals surface area contributed by atoms with Crippen molar-refractivity contribution in [1.82, 2.24) is 9.88 Å². The van der Waals surface area contributed by atoms with Gasteiger partial charge in [-0.25, -0.2) is 4.98 Å². The number of aromatic nitrogens is 1. The molecule has 7 heteroatoms. The van der Waals surface area contributed by atoms with E-state index in [0.717, 1.165) is 6.42 Å². The number of nitrogens with one attached hydrogen (secondary N) is 1. The van der Waals surface area contributed by atoms with Gasteiger partial charge in [-0.05, 0) is 31.5 Å². The molecule has 1 aromatic carbocycles. The van der Waals surface area contributed by atoms with Gasteiger partial charge in [-0.3, -0.25) is 9.59 Å². The number of anilines is 1. The SMILES string of the molecule is Cc1nc2cc(NC(=O)[C@@H]3CS[C@]4(C)CCC(=O)N34)ccc2o1. The van der Waals surface area contributed by atoms with Crippen LogP contribution in [0.15, 0.2) is 22.6 Å². The van der Waals surface area contributed by atoms with Crippen LogP contribution in [-0.2, 0) is 9.59 Å². The van der Waals surface area contributed by atoms with E-state index in [1.54, 1.807) is 41.8 Å². The van der Waals surface area contributed by atoms with Gasteiger partial charge in [-0.1, -0.05) is 0 Å². The summed E-state index contributed by atoms with van der Waals surface area (Å²) in [5.41, 5.74) is 2.07. The Hall–Kier alpha value is -2.02. The smallest absolute Gasteiger partial charge is 0.248 e. The molecule has 0 spiro atoms. The lowest BCUT2D eigenvalue weighted by molar-refractivity contribution is -0.135. The highest BCUT2D eigenvalue weighted by molar-refractivity contribution is 8.01. The molecule has 23 heavy (non-hydrogen) atoms. The zero-order valence-corrected chi connectivity index (χ0v) is 13.8. The maximum Gasteiger partial charge on any atom is 0.248 e. The standard InChI is InChI=1S/C16H17N3O3S/c1-9-17-11-7-10(3-4-13(11)22-9)18-15(21)12-8-23-16(2)6-5-14(20)19(12)16/h3-4,7,12H,5-6,8H2,1-2H3,(H,18,21)/t12-,16+/m0/s1. The summed E-state index contributed by atoms with van der Waals surface area (Å²) in [5, 5.41) is 2.91. The first-order chi connectivity index (χ1) is 11.0. The van der Waals surface area contributed by atoms with E-state index >= 15 is 0 Å². The number of nitrogens with zero attached hydrogens (tertiary/aromatic N) is 2. The summed E-state index contributed by atoms with van der Waals surface area (Å²) in [6.07, 6.45) is 1.34. The lowest BCUT2D eigenvalue weighted by Gasteiger charge is -2.29. The van der Waals surface area contributed by atoms with Crippen molar-refractivity contribution in [2.75, 3.05) is 11.1 Å². The summed E-state index contributed by atoms with van der Waals surface area (Å²) < 4.78 is 5.43. The van der Waals surface area contributed by atoms with E-state index in [2.05, 4.69) is 10.3 Å². The summed E-state index contributed by atoms with van der Waals surface area (Å²) in [4.78, 5) is 30.5. The molecular weight excluding hydrogens is 314 g/mol. The van der Waals surface area contributed by atoms with Crippen molar-refractivity contribution < 1.29 is 14.0 Å². The Labute approximate surface area is 137 Å². The molecule has 0 unspecified atom stereocenters. The molecule has 2 amide bonds. The largest absolute Gasteiger partial charge is 0.441 e. The van der Waals surface area contributed by atoms with Crippen LogP contribution in [0.4, 0.5) is 5.69 Å². The Balaban J connectivity index is 1.56. The topological polar surface area (TPSA) is 75.4 Å². The first-order valence-corrected chi connectivity index (χ1v) is 8.59. The van der Waals surface area contributed by atoms with Gasteiger partial charge in [0.2, 0.25) is 11.8 Å². The molecule has 0 aliphatic carbocycles. The van der Waals surface area contributed by atoms with E-state index in [-0.39, 0.29) is 16.7 Å². The van der Waals surface area contributed by atoms with Crippen LogP contribution in [0.1, 0.15) is 25.7 Å². The Morgan fingerprint density at radius 2 is 2.35 bits per heavy atom. The second-order valence-electron chi connectivity index (χ2n) is 6.17. The van der Waals surface area contributed by atoms with Crippen LogP contribution in [0.3, 0.4) is 0 Å². The number of aryl methyl sites for hydroxylation is 1. The highest BCUT2D eigenvalue weighted by Gasteiger charge is 2.52. The molecule has 1 N–H and O–H groups in total. The molecule has 4 rings (SSSR count). The van der Waals surface area contributed by atoms with Crippen LogP contribution in [0.5, 0.6) is 0 Å². The number of hydrogen-bond acceptors (Lipinski definition) is 5. The number of hydrogen-bond donors (Lipinski definition) is 1. The molecular formula is C16H17N3O3S. The first kappa shape index (κ1) is 14.6. The second-order valence-corrected chi connectivity index (χ2v) is 7.67. The quantitative estimate of drug-likeness (QED) is 0.915. The summed E-state index contributed by atoms with van der Waals surface area (Å²) in [6.45, 7) is 3.83. The fourth-order valence-electron chi connectivity index (χ4n) is 3.36. The number of rotatable bonds is 2. The van der Waals surface area contributed by atoms with Crippen molar-refractivity contribution in [2.24, 2.45) is 0 Å². The van der Waals surface area contributed by atoms with Crippen molar-refractivity contribution in [3.8, 4) is 0 Å². The molecule has 6 nitrogen and oxygen atoms in total. The number of thioether (sulfide) groups is 1. The van der Waals surface area contributed by atoms with Crippen molar-refractivity contribution in [1.29, 1.82) is 0 Å². The minimum absolute atomic E-state index is 0.0697. The van der Waals surface area contributed by atoms with Crippen LogP contribution < -0.4 is 5.32 Å². The van der Waals surface area contributed by atoms with Crippen molar-refractivity contribution >= 4 is 40.4 Å². The number of carbonyl (C=O) groups is 2. The number of fused-ring (bicyclic) bond motifs is 2. The molecule has 2 saturated heterocycles. The highest BCUT2D eigenvalue weighted by atomic mass is 32.2. The number of oxazole rings is 1. The Kier molecular flexibility index (Phi) is 3.16. The molecule has 1 aromatic heterocycles. The molecule has 2 fully saturated rings. The lowest BCUT2D eigenvalue weighted by Crippen LogP contribution is -2.48. The van der Waals surface area contributed by atoms with E-state index in [1.807, 2.05) is 6.92 Å². The second kappa shape index (κ2) is 4.99. The van der Waals surface area contributed by atoms with Gasteiger partial charge < -0.3 is 14.6 Å². The minimum Gasteiger partial charge on any atom is -0.441 e. The van der Waals surface area contributed by atoms with Crippen LogP contribution in [0.2, 0.25) is 0 Å². The highest BCUT2D eigenvalue weighted by Crippen LogP contribution is 2.47. The van der Waals surface area contributed by atoms with Gasteiger partial charge in [0.05, 0.1) is 4.87 Å². The Bertz CT molecular complexity index is 818. The number of carbonyl (C=O) groups excluding carboxylic acids is 2. The zero-order chi connectivity index (χ0) is 16.2. The first-order valence-electron chi connectivity index (χ1n) is 7.60. The zero-order valence-electron chi connectivity index (χ0n) is 13.0. The minimum atomic E-state index is -0.408. The lowest BCUT2D eigenvalue weighted by atomic mass is 10.2. The number of amides is 2. The summed E-state index contributed by atoms with van der Waals surface area (Å²) >= 11 is 1.69. The summed E-state index contributed by atoms with van der Waals surface area (Å²) in [6, 6.07) is 4.96. The van der Waals surface area contributed by atoms with E-state index < -0.39 is 6.04 Å². The molecule has 2 aliphatic rings. The normalized spacial score (nSPS) is 26.8. The predicted molar refractivity (Wildman–Crippen MR) is 88.1 cm³/mol. The molecule has 0 radical (unpaired) electrons. The van der Waals surface area contributed by atoms with Crippen molar-refractivity contribution in [2.45, 2.75) is 37.6 Å². The van der Waals surface area contributed by atoms with Gasteiger partial charge in [0, 0.05) is 24.8 Å². The number of benzene rings is 1. The molecule has 120 valence electrons. The average molecular weight is 331 g/mol. The van der Waals surface area contributed by atoms with E-state index in [1.165, 1.54) is 0 Å². The van der Waals surface area contributed by atoms with Gasteiger partial charge in [-0.15, -0.1) is 11.8 Å². The summed E-state index contributed by atoms with van der Waals surface area (Å²) in [5.74, 6) is 1.16. The van der Waals surface area contributed by atoms with Crippen LogP contribution in [-0.4, -0.2) is 38.4 Å². The monoisotopic (exact) mass is 331 g/mol. The predicted octanol–water partition coefficient (Wildman–Crippen LogP) is 2.53. The fourth-order valence-corrected chi connectivity index (χ4v) is 4.79. The van der Waals surface area contributed by atoms with Crippen molar-refractivity contribution in [3.63, 3.8) is 0 Å². The van der Waals surface area contributed by atoms with E-state index in [0.29, 0.717) is 34.9 Å². The maximum atomic E-state index is 12.6. The molecule has 0 saturated carbocycles. The van der Waals surface area contributed by atoms with Crippen LogP contribution in [0.25, 0.3) is 11.1 Å². The van der Waals surface area contributed by atoms with Gasteiger partial charge in [0.1, 0.15) is 11.6 Å². The Morgan fingerprint density at radius 1 is 1.52 bits per heavy atom. The fraction of sp³-hybridized carbons (Fsp3) is 0.438. The summed E-state index contributed by atoms with van der Waals surface area (Å²) in [7, 11) is 0. The Morgan fingerprint density at radius 3 is 3.17 bits per heavy atom. The molecule has 2 aliphatic heterocycles. The van der Waals surface area contributed by atoms with Gasteiger partial charge >= 0.3 is 0 Å². The maximum absolute atomic E-state index is 12.6. The molecule has 2 aromatic rings. The van der Waals surface area contributed by atoms with E-state index in [9.17, 15) is 9.59 Å².